The lowest BCUT2D eigenvalue weighted by molar-refractivity contribution is 0.415. The summed E-state index contributed by atoms with van der Waals surface area (Å²) >= 11 is 0. The van der Waals surface area contributed by atoms with Gasteiger partial charge in [-0.15, -0.1) is 0 Å². The Labute approximate surface area is 239 Å². The van der Waals surface area contributed by atoms with Gasteiger partial charge >= 0.3 is 0 Å². The van der Waals surface area contributed by atoms with Crippen molar-refractivity contribution in [3.63, 3.8) is 0 Å². The first-order valence-corrected chi connectivity index (χ1v) is 13.2. The van der Waals surface area contributed by atoms with Crippen molar-refractivity contribution in [3.05, 3.63) is 149 Å². The fourth-order valence-electron chi connectivity index (χ4n) is 5.25. The Balaban J connectivity index is 1.43. The Hall–Kier alpha value is -5.84. The molecule has 0 saturated carbocycles. The smallest absolute Gasteiger partial charge is 0.195 e. The van der Waals surface area contributed by atoms with Crippen LogP contribution in [0.4, 0.5) is 22.7 Å². The summed E-state index contributed by atoms with van der Waals surface area (Å²) in [5.41, 5.74) is 6.30. The summed E-state index contributed by atoms with van der Waals surface area (Å²) in [4.78, 5) is 6.01. The lowest BCUT2D eigenvalue weighted by atomic mass is 9.93. The van der Waals surface area contributed by atoms with E-state index < -0.39 is 0 Å². The maximum Gasteiger partial charge on any atom is 0.195 e. The minimum absolute atomic E-state index is 0.597. The van der Waals surface area contributed by atoms with Crippen LogP contribution in [0.2, 0.25) is 0 Å². The van der Waals surface area contributed by atoms with Crippen molar-refractivity contribution in [2.24, 2.45) is 0 Å². The van der Waals surface area contributed by atoms with Gasteiger partial charge in [-0.05, 0) is 87.9 Å². The molecule has 194 valence electrons. The van der Waals surface area contributed by atoms with E-state index in [1.54, 1.807) is 7.11 Å². The molecule has 6 aromatic rings. The summed E-state index contributed by atoms with van der Waals surface area (Å²) in [6.45, 7) is 7.77. The van der Waals surface area contributed by atoms with E-state index in [-0.39, 0.29) is 0 Å². The average Bonchev–Trinajstić information content (AvgIpc) is 3.04. The predicted octanol–water partition coefficient (Wildman–Crippen LogP) is 10.1. The minimum Gasteiger partial charge on any atom is -0.497 e. The van der Waals surface area contributed by atoms with E-state index in [4.69, 9.17) is 11.3 Å². The third-order valence-corrected chi connectivity index (χ3v) is 7.22. The topological polar surface area (TPSA) is 40.6 Å². The van der Waals surface area contributed by atoms with Crippen LogP contribution in [0.15, 0.2) is 121 Å². The summed E-state index contributed by atoms with van der Waals surface area (Å²) in [5.74, 6) is 0.812. The second-order valence-corrected chi connectivity index (χ2v) is 9.58. The summed E-state index contributed by atoms with van der Waals surface area (Å²) in [6.07, 6.45) is 4.13. The number of methoxy groups -OCH3 is 1. The Morgan fingerprint density at radius 2 is 1.41 bits per heavy atom. The van der Waals surface area contributed by atoms with Crippen LogP contribution in [0.5, 0.6) is 5.75 Å². The standard InChI is InChI=1S/C37H25N3O/c1-39-36-13-7-8-27-24-35-28(25-38)9-6-12-33(35)34(37(27)36)23-16-26-14-17-30(18-15-26)40(29-10-4-3-5-11-29)31-19-21-32(41-2)22-20-31/h3-24H,2H3/b23-16-. The summed E-state index contributed by atoms with van der Waals surface area (Å²) in [6, 6.07) is 42.5. The molecule has 0 saturated heterocycles. The summed E-state index contributed by atoms with van der Waals surface area (Å²) in [5, 5.41) is 13.4. The zero-order valence-electron chi connectivity index (χ0n) is 22.5. The van der Waals surface area contributed by atoms with Gasteiger partial charge in [0.2, 0.25) is 0 Å². The number of rotatable bonds is 6. The molecule has 0 atom stereocenters. The molecule has 0 unspecified atom stereocenters. The summed E-state index contributed by atoms with van der Waals surface area (Å²) in [7, 11) is 1.67. The normalized spacial score (nSPS) is 10.9. The second-order valence-electron chi connectivity index (χ2n) is 9.58. The third-order valence-electron chi connectivity index (χ3n) is 7.22. The molecule has 0 radical (unpaired) electrons. The lowest BCUT2D eigenvalue weighted by Gasteiger charge is -2.25. The van der Waals surface area contributed by atoms with Gasteiger partial charge in [0, 0.05) is 22.4 Å². The fraction of sp³-hybridized carbons (Fsp3) is 0.0270. The Kier molecular flexibility index (Phi) is 6.89. The van der Waals surface area contributed by atoms with Gasteiger partial charge in [0.1, 0.15) is 5.75 Å². The van der Waals surface area contributed by atoms with Gasteiger partial charge in [-0.25, -0.2) is 4.85 Å². The van der Waals surface area contributed by atoms with Gasteiger partial charge in [0.05, 0.1) is 25.3 Å². The largest absolute Gasteiger partial charge is 0.497 e. The first-order valence-electron chi connectivity index (χ1n) is 13.2. The highest BCUT2D eigenvalue weighted by molar-refractivity contribution is 6.13. The molecule has 0 aliphatic heterocycles. The van der Waals surface area contributed by atoms with E-state index in [0.29, 0.717) is 11.3 Å². The molecule has 6 aromatic carbocycles. The van der Waals surface area contributed by atoms with Crippen LogP contribution in [0, 0.1) is 17.9 Å². The van der Waals surface area contributed by atoms with Crippen molar-refractivity contribution in [2.45, 2.75) is 0 Å². The number of fused-ring (bicyclic) bond motifs is 2. The van der Waals surface area contributed by atoms with E-state index >= 15 is 0 Å². The molecule has 0 bridgehead atoms. The molecule has 0 aromatic heterocycles. The monoisotopic (exact) mass is 527 g/mol. The second kappa shape index (κ2) is 11.1. The zero-order chi connectivity index (χ0) is 28.2. The Bertz CT molecular complexity index is 1980. The molecule has 41 heavy (non-hydrogen) atoms. The van der Waals surface area contributed by atoms with Crippen LogP contribution in [0.3, 0.4) is 0 Å². The van der Waals surface area contributed by atoms with E-state index in [9.17, 15) is 5.26 Å². The lowest BCUT2D eigenvalue weighted by Crippen LogP contribution is -2.09. The van der Waals surface area contributed by atoms with Crippen molar-refractivity contribution < 1.29 is 4.74 Å². The Morgan fingerprint density at radius 3 is 2.10 bits per heavy atom. The molecule has 0 aliphatic rings. The van der Waals surface area contributed by atoms with Crippen molar-refractivity contribution in [3.8, 4) is 11.8 Å². The van der Waals surface area contributed by atoms with Gasteiger partial charge in [0.25, 0.3) is 0 Å². The average molecular weight is 528 g/mol. The highest BCUT2D eigenvalue weighted by Crippen LogP contribution is 2.38. The maximum atomic E-state index is 9.74. The number of nitrogens with zero attached hydrogens (tertiary/aromatic N) is 3. The molecule has 6 rings (SSSR count). The number of para-hydroxylation sites is 1. The molecular weight excluding hydrogens is 502 g/mol. The van der Waals surface area contributed by atoms with Crippen LogP contribution in [0.1, 0.15) is 16.7 Å². The third kappa shape index (κ3) is 4.87. The SMILES string of the molecule is [C-]#[N+]c1cccc2cc3c(C#N)cccc3c(/C=C\c3ccc(N(c4ccccc4)c4ccc(OC)cc4)cc3)c12. The predicted molar refractivity (Wildman–Crippen MR) is 169 cm³/mol. The quantitative estimate of drug-likeness (QED) is 0.123. The van der Waals surface area contributed by atoms with Gasteiger partial charge in [-0.3, -0.25) is 0 Å². The van der Waals surface area contributed by atoms with Crippen molar-refractivity contribution in [2.75, 3.05) is 12.0 Å². The van der Waals surface area contributed by atoms with E-state index in [0.717, 1.165) is 55.5 Å². The molecule has 0 heterocycles. The zero-order valence-corrected chi connectivity index (χ0v) is 22.5. The van der Waals surface area contributed by atoms with Crippen molar-refractivity contribution in [1.82, 2.24) is 0 Å². The number of nitriles is 1. The molecule has 4 heteroatoms. The molecule has 0 spiro atoms. The van der Waals surface area contributed by atoms with E-state index in [2.05, 4.69) is 76.5 Å². The number of hydrogen-bond donors (Lipinski definition) is 0. The van der Waals surface area contributed by atoms with Gasteiger partial charge in [0.15, 0.2) is 5.69 Å². The number of anilines is 3. The molecule has 0 N–H and O–H groups in total. The highest BCUT2D eigenvalue weighted by Gasteiger charge is 2.14. The highest BCUT2D eigenvalue weighted by atomic mass is 16.5. The van der Waals surface area contributed by atoms with Crippen molar-refractivity contribution >= 4 is 56.4 Å². The fourth-order valence-corrected chi connectivity index (χ4v) is 5.25. The number of ether oxygens (including phenoxy) is 1. The molecule has 0 amide bonds. The number of benzene rings is 6. The van der Waals surface area contributed by atoms with Gasteiger partial charge in [-0.1, -0.05) is 72.8 Å². The maximum absolute atomic E-state index is 9.74. The molecule has 4 nitrogen and oxygen atoms in total. The first-order chi connectivity index (χ1) is 20.2. The van der Waals surface area contributed by atoms with Gasteiger partial charge in [-0.2, -0.15) is 5.26 Å². The number of hydrogen-bond acceptors (Lipinski definition) is 3. The van der Waals surface area contributed by atoms with Crippen molar-refractivity contribution in [1.29, 1.82) is 5.26 Å². The van der Waals surface area contributed by atoms with E-state index in [1.165, 1.54) is 0 Å². The van der Waals surface area contributed by atoms with Crippen LogP contribution in [-0.4, -0.2) is 7.11 Å². The minimum atomic E-state index is 0.597. The van der Waals surface area contributed by atoms with E-state index in [1.807, 2.05) is 72.8 Å². The Morgan fingerprint density at radius 1 is 0.732 bits per heavy atom. The van der Waals surface area contributed by atoms with Crippen LogP contribution < -0.4 is 9.64 Å². The first kappa shape index (κ1) is 25.4. The van der Waals surface area contributed by atoms with Gasteiger partial charge < -0.3 is 9.64 Å². The van der Waals surface area contributed by atoms with Crippen LogP contribution in [-0.2, 0) is 0 Å². The molecule has 0 aliphatic carbocycles. The van der Waals surface area contributed by atoms with Crippen LogP contribution >= 0.6 is 0 Å². The molecule has 0 fully saturated rings. The summed E-state index contributed by atoms with van der Waals surface area (Å²) < 4.78 is 5.36. The van der Waals surface area contributed by atoms with Crippen LogP contribution in [0.25, 0.3) is 38.5 Å². The molecular formula is C37H25N3O.